The van der Waals surface area contributed by atoms with Crippen molar-refractivity contribution in [1.82, 2.24) is 5.06 Å². The number of halogens is 1. The van der Waals surface area contributed by atoms with Crippen molar-refractivity contribution < 1.29 is 14.7 Å². The molecular formula is C20H18ClNO3. The summed E-state index contributed by atoms with van der Waals surface area (Å²) in [5.74, 6) is 2.08. The lowest BCUT2D eigenvalue weighted by atomic mass is 10.1. The minimum atomic E-state index is 0.234. The second-order valence-corrected chi connectivity index (χ2v) is 6.08. The molecule has 0 amide bonds. The van der Waals surface area contributed by atoms with E-state index in [4.69, 9.17) is 21.1 Å². The van der Waals surface area contributed by atoms with Crippen molar-refractivity contribution in [2.75, 3.05) is 6.61 Å². The van der Waals surface area contributed by atoms with E-state index in [1.165, 1.54) is 0 Å². The number of hydrogen-bond acceptors (Lipinski definition) is 4. The summed E-state index contributed by atoms with van der Waals surface area (Å²) < 4.78 is 11.5. The molecule has 2 aromatic rings. The molecule has 25 heavy (non-hydrogen) atoms. The maximum Gasteiger partial charge on any atom is 0.131 e. The quantitative estimate of drug-likeness (QED) is 0.762. The summed E-state index contributed by atoms with van der Waals surface area (Å²) in [6.45, 7) is 5.97. The van der Waals surface area contributed by atoms with Gasteiger partial charge in [-0.1, -0.05) is 18.2 Å². The predicted molar refractivity (Wildman–Crippen MR) is 98.1 cm³/mol. The third-order valence-corrected chi connectivity index (χ3v) is 3.84. The highest BCUT2D eigenvalue weighted by atomic mass is 35.5. The molecule has 0 unspecified atom stereocenters. The van der Waals surface area contributed by atoms with Crippen LogP contribution in [0.25, 0.3) is 0 Å². The highest BCUT2D eigenvalue weighted by Crippen LogP contribution is 2.26. The Labute approximate surface area is 151 Å². The standard InChI is InChI=1S/C20H18ClNO3/c1-14-11-15(2)22(23)17(12-14)13-24-18-7-9-20(10-8-18)25-19-5-3-16(21)4-6-19/h3-12,23H,2,13H2,1H3. The Morgan fingerprint density at radius 3 is 2.16 bits per heavy atom. The molecule has 0 aromatic heterocycles. The molecular weight excluding hydrogens is 338 g/mol. The van der Waals surface area contributed by atoms with Crippen LogP contribution < -0.4 is 9.47 Å². The summed E-state index contributed by atoms with van der Waals surface area (Å²) in [4.78, 5) is 0. The summed E-state index contributed by atoms with van der Waals surface area (Å²) in [6, 6.07) is 14.4. The second-order valence-electron chi connectivity index (χ2n) is 5.64. The fraction of sp³-hybridized carbons (Fsp3) is 0.100. The number of allylic oxidation sites excluding steroid dienone is 3. The molecule has 2 aromatic carbocycles. The van der Waals surface area contributed by atoms with Crippen molar-refractivity contribution in [3.63, 3.8) is 0 Å². The number of rotatable bonds is 5. The van der Waals surface area contributed by atoms with E-state index in [9.17, 15) is 5.21 Å². The van der Waals surface area contributed by atoms with Gasteiger partial charge in [0.1, 0.15) is 23.9 Å². The van der Waals surface area contributed by atoms with Gasteiger partial charge in [-0.25, -0.2) is 5.06 Å². The van der Waals surface area contributed by atoms with Crippen molar-refractivity contribution in [2.45, 2.75) is 6.92 Å². The molecule has 128 valence electrons. The van der Waals surface area contributed by atoms with E-state index in [1.54, 1.807) is 30.3 Å². The molecule has 1 heterocycles. The Morgan fingerprint density at radius 1 is 0.960 bits per heavy atom. The van der Waals surface area contributed by atoms with Crippen LogP contribution in [0.15, 0.2) is 84.2 Å². The van der Waals surface area contributed by atoms with Gasteiger partial charge in [0, 0.05) is 5.02 Å². The Balaban J connectivity index is 1.60. The Morgan fingerprint density at radius 2 is 1.52 bits per heavy atom. The monoisotopic (exact) mass is 355 g/mol. The molecule has 0 spiro atoms. The highest BCUT2D eigenvalue weighted by Gasteiger charge is 2.14. The SMILES string of the molecule is C=C1C=C(C)C=C(COc2ccc(Oc3ccc(Cl)cc3)cc2)N1O. The summed E-state index contributed by atoms with van der Waals surface area (Å²) in [5, 5.41) is 11.7. The first-order chi connectivity index (χ1) is 12.0. The molecule has 0 atom stereocenters. The normalized spacial score (nSPS) is 14.0. The van der Waals surface area contributed by atoms with E-state index in [-0.39, 0.29) is 6.61 Å². The molecule has 0 saturated heterocycles. The zero-order valence-corrected chi connectivity index (χ0v) is 14.5. The summed E-state index contributed by atoms with van der Waals surface area (Å²) in [6.07, 6.45) is 3.65. The Bertz CT molecular complexity index is 823. The number of ether oxygens (including phenoxy) is 2. The predicted octanol–water partition coefficient (Wildman–Crippen LogP) is 5.56. The molecule has 4 nitrogen and oxygen atoms in total. The van der Waals surface area contributed by atoms with Crippen LogP contribution in [0, 0.1) is 0 Å². The average Bonchev–Trinajstić information content (AvgIpc) is 2.60. The van der Waals surface area contributed by atoms with Gasteiger partial charge in [0.25, 0.3) is 0 Å². The van der Waals surface area contributed by atoms with E-state index in [2.05, 4.69) is 6.58 Å². The average molecular weight is 356 g/mol. The first-order valence-corrected chi connectivity index (χ1v) is 8.12. The zero-order valence-electron chi connectivity index (χ0n) is 13.8. The van der Waals surface area contributed by atoms with Crippen LogP contribution >= 0.6 is 11.6 Å². The Hall–Kier alpha value is -2.69. The lowest BCUT2D eigenvalue weighted by Gasteiger charge is -2.24. The molecule has 1 N–H and O–H groups in total. The molecule has 5 heteroatoms. The van der Waals surface area contributed by atoms with Gasteiger partial charge in [0.05, 0.1) is 11.4 Å². The van der Waals surface area contributed by atoms with Crippen LogP contribution in [0.2, 0.25) is 5.02 Å². The van der Waals surface area contributed by atoms with Crippen molar-refractivity contribution in [2.24, 2.45) is 0 Å². The topological polar surface area (TPSA) is 41.9 Å². The molecule has 0 aliphatic carbocycles. The van der Waals surface area contributed by atoms with E-state index in [1.807, 2.05) is 37.3 Å². The van der Waals surface area contributed by atoms with Crippen LogP contribution in [0.3, 0.4) is 0 Å². The van der Waals surface area contributed by atoms with Gasteiger partial charge in [0.15, 0.2) is 0 Å². The zero-order chi connectivity index (χ0) is 17.8. The van der Waals surface area contributed by atoms with Gasteiger partial charge in [-0.05, 0) is 73.2 Å². The number of nitrogens with zero attached hydrogens (tertiary/aromatic N) is 1. The van der Waals surface area contributed by atoms with E-state index >= 15 is 0 Å². The fourth-order valence-corrected chi connectivity index (χ4v) is 2.50. The summed E-state index contributed by atoms with van der Waals surface area (Å²) in [7, 11) is 0. The van der Waals surface area contributed by atoms with Crippen LogP contribution in [0.1, 0.15) is 6.92 Å². The van der Waals surface area contributed by atoms with Crippen molar-refractivity contribution in [1.29, 1.82) is 0 Å². The van der Waals surface area contributed by atoms with Crippen LogP contribution in [0.5, 0.6) is 17.2 Å². The lowest BCUT2D eigenvalue weighted by molar-refractivity contribution is -0.0239. The molecule has 1 aliphatic heterocycles. The van der Waals surface area contributed by atoms with E-state index < -0.39 is 0 Å². The van der Waals surface area contributed by atoms with Gasteiger partial charge >= 0.3 is 0 Å². The first kappa shape index (κ1) is 17.1. The number of hydroxylamine groups is 2. The number of benzene rings is 2. The van der Waals surface area contributed by atoms with Crippen LogP contribution in [-0.4, -0.2) is 16.9 Å². The van der Waals surface area contributed by atoms with Gasteiger partial charge < -0.3 is 9.47 Å². The summed E-state index contributed by atoms with van der Waals surface area (Å²) >= 11 is 5.86. The first-order valence-electron chi connectivity index (χ1n) is 7.74. The minimum absolute atomic E-state index is 0.234. The smallest absolute Gasteiger partial charge is 0.131 e. The molecule has 0 bridgehead atoms. The third kappa shape index (κ3) is 4.44. The van der Waals surface area contributed by atoms with E-state index in [0.29, 0.717) is 33.7 Å². The van der Waals surface area contributed by atoms with Crippen LogP contribution in [0.4, 0.5) is 0 Å². The molecule has 0 radical (unpaired) electrons. The minimum Gasteiger partial charge on any atom is -0.487 e. The van der Waals surface area contributed by atoms with Crippen molar-refractivity contribution >= 4 is 11.6 Å². The lowest BCUT2D eigenvalue weighted by Crippen LogP contribution is -2.23. The molecule has 3 rings (SSSR count). The third-order valence-electron chi connectivity index (χ3n) is 3.59. The van der Waals surface area contributed by atoms with E-state index in [0.717, 1.165) is 10.6 Å². The molecule has 0 saturated carbocycles. The van der Waals surface area contributed by atoms with Crippen LogP contribution in [-0.2, 0) is 0 Å². The van der Waals surface area contributed by atoms with Crippen molar-refractivity contribution in [3.8, 4) is 17.2 Å². The van der Waals surface area contributed by atoms with Gasteiger partial charge in [-0.15, -0.1) is 0 Å². The van der Waals surface area contributed by atoms with Crippen molar-refractivity contribution in [3.05, 3.63) is 89.3 Å². The number of hydrogen-bond donors (Lipinski definition) is 1. The Kier molecular flexibility index (Phi) is 5.12. The van der Waals surface area contributed by atoms with Gasteiger partial charge in [-0.3, -0.25) is 5.21 Å². The second kappa shape index (κ2) is 7.47. The molecule has 0 fully saturated rings. The largest absolute Gasteiger partial charge is 0.487 e. The fourth-order valence-electron chi connectivity index (χ4n) is 2.38. The van der Waals surface area contributed by atoms with Gasteiger partial charge in [-0.2, -0.15) is 0 Å². The maximum atomic E-state index is 9.97. The van der Waals surface area contributed by atoms with Gasteiger partial charge in [0.2, 0.25) is 0 Å². The maximum absolute atomic E-state index is 9.97. The summed E-state index contributed by atoms with van der Waals surface area (Å²) in [5.41, 5.74) is 2.16. The molecule has 1 aliphatic rings. The highest BCUT2D eigenvalue weighted by molar-refractivity contribution is 6.30.